The molecule has 0 aliphatic carbocycles. The molecule has 0 unspecified atom stereocenters. The van der Waals surface area contributed by atoms with Crippen molar-refractivity contribution in [3.8, 4) is 11.5 Å². The molecule has 2 heterocycles. The lowest BCUT2D eigenvalue weighted by atomic mass is 10.2. The first-order valence-electron chi connectivity index (χ1n) is 9.51. The van der Waals surface area contributed by atoms with Gasteiger partial charge >= 0.3 is 0 Å². The van der Waals surface area contributed by atoms with E-state index >= 15 is 0 Å². The van der Waals surface area contributed by atoms with Crippen LogP contribution in [0.3, 0.4) is 0 Å². The zero-order chi connectivity index (χ0) is 20.2. The molecule has 0 aliphatic rings. The maximum Gasteiger partial charge on any atom is 0.230 e. The van der Waals surface area contributed by atoms with Gasteiger partial charge in [-0.15, -0.1) is 0 Å². The van der Waals surface area contributed by atoms with Crippen LogP contribution in [-0.2, 0) is 6.54 Å². The summed E-state index contributed by atoms with van der Waals surface area (Å²) in [7, 11) is 2.03. The zero-order valence-electron chi connectivity index (χ0n) is 16.2. The van der Waals surface area contributed by atoms with Gasteiger partial charge in [0.25, 0.3) is 0 Å². The minimum Gasteiger partial charge on any atom is -0.508 e. The second-order valence-corrected chi connectivity index (χ2v) is 7.05. The van der Waals surface area contributed by atoms with E-state index in [2.05, 4.69) is 9.88 Å². The van der Waals surface area contributed by atoms with Gasteiger partial charge in [0.1, 0.15) is 17.1 Å². The summed E-state index contributed by atoms with van der Waals surface area (Å²) in [6.45, 7) is 2.16. The van der Waals surface area contributed by atoms with Crippen LogP contribution in [0.2, 0.25) is 0 Å². The molecule has 4 rings (SSSR count). The highest BCUT2D eigenvalue weighted by molar-refractivity contribution is 5.88. The molecule has 2 aromatic carbocycles. The van der Waals surface area contributed by atoms with Crippen molar-refractivity contribution >= 4 is 22.1 Å². The Balaban J connectivity index is 1.36. The molecule has 0 amide bonds. The average molecular weight is 390 g/mol. The highest BCUT2D eigenvalue weighted by Crippen LogP contribution is 2.22. The van der Waals surface area contributed by atoms with Crippen LogP contribution in [0.1, 0.15) is 12.0 Å². The minimum atomic E-state index is -0.0885. The third-order valence-corrected chi connectivity index (χ3v) is 4.74. The molecule has 0 saturated heterocycles. The lowest BCUT2D eigenvalue weighted by Crippen LogP contribution is -2.20. The first-order chi connectivity index (χ1) is 14.1. The summed E-state index contributed by atoms with van der Waals surface area (Å²) in [6.07, 6.45) is 2.45. The predicted molar refractivity (Wildman–Crippen MR) is 112 cm³/mol. The number of aromatic hydroxyl groups is 1. The van der Waals surface area contributed by atoms with E-state index in [0.29, 0.717) is 34.4 Å². The van der Waals surface area contributed by atoms with E-state index in [1.54, 1.807) is 48.7 Å². The van der Waals surface area contributed by atoms with Gasteiger partial charge in [0.15, 0.2) is 0 Å². The fourth-order valence-electron chi connectivity index (χ4n) is 3.33. The molecule has 6 heteroatoms. The molecule has 4 aromatic rings. The highest BCUT2D eigenvalue weighted by Gasteiger charge is 2.09. The first kappa shape index (κ1) is 19.0. The quantitative estimate of drug-likeness (QED) is 0.380. The summed E-state index contributed by atoms with van der Waals surface area (Å²) < 4.78 is 11.6. The van der Waals surface area contributed by atoms with Crippen molar-refractivity contribution in [2.75, 3.05) is 20.2 Å². The number of hydrogen-bond donors (Lipinski definition) is 1. The SMILES string of the molecule is CN(CCCOc1ccc2c(=O)c3cccnc3oc2c1)Cc1cccc(O)c1. The van der Waals surface area contributed by atoms with E-state index in [1.165, 1.54) is 0 Å². The number of phenols is 1. The van der Waals surface area contributed by atoms with Crippen LogP contribution < -0.4 is 10.2 Å². The maximum absolute atomic E-state index is 12.5. The molecule has 0 bridgehead atoms. The number of nitrogens with zero attached hydrogens (tertiary/aromatic N) is 2. The molecular weight excluding hydrogens is 368 g/mol. The van der Waals surface area contributed by atoms with E-state index in [1.807, 2.05) is 19.2 Å². The summed E-state index contributed by atoms with van der Waals surface area (Å²) in [5.41, 5.74) is 1.78. The lowest BCUT2D eigenvalue weighted by molar-refractivity contribution is 0.258. The number of aromatic nitrogens is 1. The number of fused-ring (bicyclic) bond motifs is 2. The maximum atomic E-state index is 12.5. The van der Waals surface area contributed by atoms with Crippen LogP contribution in [0, 0.1) is 0 Å². The fraction of sp³-hybridized carbons (Fsp3) is 0.217. The summed E-state index contributed by atoms with van der Waals surface area (Å²) in [5.74, 6) is 0.941. The van der Waals surface area contributed by atoms with Crippen molar-refractivity contribution in [1.29, 1.82) is 0 Å². The predicted octanol–water partition coefficient (Wildman–Crippen LogP) is 3.95. The first-order valence-corrected chi connectivity index (χ1v) is 9.51. The second-order valence-electron chi connectivity index (χ2n) is 7.05. The minimum absolute atomic E-state index is 0.0885. The summed E-state index contributed by atoms with van der Waals surface area (Å²) in [6, 6.07) is 16.0. The van der Waals surface area contributed by atoms with Crippen LogP contribution in [-0.4, -0.2) is 35.2 Å². The number of rotatable bonds is 7. The Morgan fingerprint density at radius 3 is 2.86 bits per heavy atom. The number of benzene rings is 2. The number of ether oxygens (including phenoxy) is 1. The van der Waals surface area contributed by atoms with Gasteiger partial charge in [-0.2, -0.15) is 0 Å². The zero-order valence-corrected chi connectivity index (χ0v) is 16.2. The Kier molecular flexibility index (Phi) is 5.44. The van der Waals surface area contributed by atoms with Gasteiger partial charge in [0.05, 0.1) is 17.4 Å². The number of phenolic OH excluding ortho intramolecular Hbond substituents is 1. The monoisotopic (exact) mass is 390 g/mol. The smallest absolute Gasteiger partial charge is 0.230 e. The van der Waals surface area contributed by atoms with E-state index in [4.69, 9.17) is 9.15 Å². The Morgan fingerprint density at radius 1 is 1.10 bits per heavy atom. The molecule has 0 aliphatic heterocycles. The van der Waals surface area contributed by atoms with Gasteiger partial charge in [-0.3, -0.25) is 4.79 Å². The number of hydrogen-bond acceptors (Lipinski definition) is 6. The third kappa shape index (κ3) is 4.38. The molecule has 148 valence electrons. The van der Waals surface area contributed by atoms with Gasteiger partial charge < -0.3 is 19.2 Å². The van der Waals surface area contributed by atoms with Crippen molar-refractivity contribution in [2.45, 2.75) is 13.0 Å². The van der Waals surface area contributed by atoms with Crippen LogP contribution >= 0.6 is 0 Å². The second kappa shape index (κ2) is 8.32. The number of pyridine rings is 1. The molecule has 0 atom stereocenters. The Bertz CT molecular complexity index is 1200. The Hall–Kier alpha value is -3.38. The lowest BCUT2D eigenvalue weighted by Gasteiger charge is -2.17. The van der Waals surface area contributed by atoms with Crippen LogP contribution in [0.15, 0.2) is 70.0 Å². The van der Waals surface area contributed by atoms with Crippen molar-refractivity contribution in [2.24, 2.45) is 0 Å². The molecule has 1 N–H and O–H groups in total. The van der Waals surface area contributed by atoms with Crippen molar-refractivity contribution in [1.82, 2.24) is 9.88 Å². The van der Waals surface area contributed by atoms with Crippen molar-refractivity contribution < 1.29 is 14.3 Å². The molecule has 0 fully saturated rings. The van der Waals surface area contributed by atoms with Crippen LogP contribution in [0.4, 0.5) is 0 Å². The van der Waals surface area contributed by atoms with Gasteiger partial charge in [0.2, 0.25) is 11.1 Å². The highest BCUT2D eigenvalue weighted by atomic mass is 16.5. The summed E-state index contributed by atoms with van der Waals surface area (Å²) >= 11 is 0. The molecule has 0 radical (unpaired) electrons. The average Bonchev–Trinajstić information content (AvgIpc) is 2.71. The molecule has 29 heavy (non-hydrogen) atoms. The van der Waals surface area contributed by atoms with Gasteiger partial charge in [-0.05, 0) is 55.4 Å². The molecule has 2 aromatic heterocycles. The van der Waals surface area contributed by atoms with E-state index in [9.17, 15) is 9.90 Å². The normalized spacial score (nSPS) is 11.4. The van der Waals surface area contributed by atoms with Crippen LogP contribution in [0.25, 0.3) is 22.1 Å². The Morgan fingerprint density at radius 2 is 2.00 bits per heavy atom. The Labute approximate surface area is 168 Å². The molecular formula is C23H22N2O4. The summed E-state index contributed by atoms with van der Waals surface area (Å²) in [4.78, 5) is 18.8. The molecule has 0 spiro atoms. The standard InChI is InChI=1S/C23H22N2O4/c1-25(15-16-5-2-6-17(26)13-16)11-4-12-28-18-8-9-19-21(14-18)29-23-20(22(19)27)7-3-10-24-23/h2-3,5-10,13-14,26H,4,11-12,15H2,1H3. The van der Waals surface area contributed by atoms with E-state index < -0.39 is 0 Å². The largest absolute Gasteiger partial charge is 0.508 e. The van der Waals surface area contributed by atoms with Gasteiger partial charge in [-0.1, -0.05) is 12.1 Å². The van der Waals surface area contributed by atoms with E-state index in [-0.39, 0.29) is 11.2 Å². The van der Waals surface area contributed by atoms with Crippen molar-refractivity contribution in [3.63, 3.8) is 0 Å². The molecule has 0 saturated carbocycles. The fourth-order valence-corrected chi connectivity index (χ4v) is 3.33. The summed E-state index contributed by atoms with van der Waals surface area (Å²) in [5, 5.41) is 10.5. The van der Waals surface area contributed by atoms with Gasteiger partial charge in [0, 0.05) is 25.4 Å². The van der Waals surface area contributed by atoms with E-state index in [0.717, 1.165) is 25.1 Å². The van der Waals surface area contributed by atoms with Crippen LogP contribution in [0.5, 0.6) is 11.5 Å². The topological polar surface area (TPSA) is 75.8 Å². The van der Waals surface area contributed by atoms with Gasteiger partial charge in [-0.25, -0.2) is 4.98 Å². The van der Waals surface area contributed by atoms with Crippen molar-refractivity contribution in [3.05, 3.63) is 76.6 Å². The third-order valence-electron chi connectivity index (χ3n) is 4.74. The molecule has 6 nitrogen and oxygen atoms in total.